The van der Waals surface area contributed by atoms with Crippen molar-refractivity contribution < 1.29 is 9.47 Å². The lowest BCUT2D eigenvalue weighted by Gasteiger charge is -2.28. The molecule has 0 bridgehead atoms. The van der Waals surface area contributed by atoms with Crippen LogP contribution in [-0.2, 0) is 9.47 Å². The predicted octanol–water partition coefficient (Wildman–Crippen LogP) is 0.405. The Hall–Kier alpha value is -0.380. The molecule has 3 atom stereocenters. The number of nitrogens with two attached hydrogens (primary N) is 1. The normalized spacial score (nSPS) is 44.1. The summed E-state index contributed by atoms with van der Waals surface area (Å²) >= 11 is 0. The third-order valence-electron chi connectivity index (χ3n) is 2.45. The second kappa shape index (κ2) is 2.59. The van der Waals surface area contributed by atoms with Gasteiger partial charge in [-0.25, -0.2) is 0 Å². The van der Waals surface area contributed by atoms with Crippen LogP contribution >= 0.6 is 0 Å². The number of fused-ring (bicyclic) bond motifs is 1. The molecule has 11 heavy (non-hydrogen) atoms. The molecule has 0 amide bonds. The topological polar surface area (TPSA) is 44.5 Å². The van der Waals surface area contributed by atoms with Crippen LogP contribution in [0, 0.1) is 0 Å². The Morgan fingerprint density at radius 1 is 1.36 bits per heavy atom. The van der Waals surface area contributed by atoms with E-state index in [1.807, 2.05) is 0 Å². The Kier molecular flexibility index (Phi) is 1.71. The molecule has 2 N–H and O–H groups in total. The van der Waals surface area contributed by atoms with E-state index in [1.54, 1.807) is 0 Å². The molecule has 1 aliphatic carbocycles. The highest BCUT2D eigenvalue weighted by molar-refractivity contribution is 5.12. The molecule has 1 saturated carbocycles. The predicted molar refractivity (Wildman–Crippen MR) is 41.0 cm³/mol. The SMILES string of the molecule is C=C1CC2OCOC2CC1N. The van der Waals surface area contributed by atoms with Gasteiger partial charge in [-0.3, -0.25) is 0 Å². The average Bonchev–Trinajstić information content (AvgIpc) is 2.36. The average molecular weight is 155 g/mol. The van der Waals surface area contributed by atoms with Gasteiger partial charge >= 0.3 is 0 Å². The fraction of sp³-hybridized carbons (Fsp3) is 0.750. The van der Waals surface area contributed by atoms with Crippen molar-refractivity contribution in [1.29, 1.82) is 0 Å². The van der Waals surface area contributed by atoms with Gasteiger partial charge < -0.3 is 15.2 Å². The fourth-order valence-corrected chi connectivity index (χ4v) is 1.67. The third kappa shape index (κ3) is 1.20. The molecule has 0 radical (unpaired) electrons. The molecule has 0 spiro atoms. The first-order valence-electron chi connectivity index (χ1n) is 3.94. The van der Waals surface area contributed by atoms with Gasteiger partial charge in [-0.15, -0.1) is 0 Å². The fourth-order valence-electron chi connectivity index (χ4n) is 1.67. The van der Waals surface area contributed by atoms with Gasteiger partial charge in [0.1, 0.15) is 6.79 Å². The summed E-state index contributed by atoms with van der Waals surface area (Å²) in [6.07, 6.45) is 2.17. The summed E-state index contributed by atoms with van der Waals surface area (Å²) in [5.74, 6) is 0. The van der Waals surface area contributed by atoms with Crippen LogP contribution in [-0.4, -0.2) is 25.0 Å². The molecule has 1 aliphatic heterocycles. The zero-order valence-corrected chi connectivity index (χ0v) is 6.45. The lowest BCUT2D eigenvalue weighted by molar-refractivity contribution is 0.0396. The molecular formula is C8H13NO2. The van der Waals surface area contributed by atoms with Crippen molar-refractivity contribution in [2.45, 2.75) is 31.1 Å². The highest BCUT2D eigenvalue weighted by Crippen LogP contribution is 2.29. The molecule has 3 heteroatoms. The van der Waals surface area contributed by atoms with Gasteiger partial charge in [0.25, 0.3) is 0 Å². The third-order valence-corrected chi connectivity index (χ3v) is 2.45. The van der Waals surface area contributed by atoms with Crippen molar-refractivity contribution in [2.24, 2.45) is 5.73 Å². The van der Waals surface area contributed by atoms with Gasteiger partial charge in [-0.2, -0.15) is 0 Å². The summed E-state index contributed by atoms with van der Waals surface area (Å²) in [6.45, 7) is 4.32. The molecule has 3 nitrogen and oxygen atoms in total. The van der Waals surface area contributed by atoms with Crippen molar-refractivity contribution in [3.05, 3.63) is 12.2 Å². The molecule has 1 saturated heterocycles. The Bertz CT molecular complexity index is 181. The molecule has 0 aromatic rings. The Morgan fingerprint density at radius 2 is 2.09 bits per heavy atom. The first-order valence-corrected chi connectivity index (χ1v) is 3.94. The van der Waals surface area contributed by atoms with Crippen molar-refractivity contribution >= 4 is 0 Å². The van der Waals surface area contributed by atoms with Crippen LogP contribution in [0.5, 0.6) is 0 Å². The van der Waals surface area contributed by atoms with Crippen LogP contribution in [0.15, 0.2) is 12.2 Å². The molecule has 1 heterocycles. The largest absolute Gasteiger partial charge is 0.349 e. The van der Waals surface area contributed by atoms with E-state index in [2.05, 4.69) is 6.58 Å². The lowest BCUT2D eigenvalue weighted by atomic mass is 9.87. The van der Waals surface area contributed by atoms with E-state index in [0.717, 1.165) is 18.4 Å². The highest BCUT2D eigenvalue weighted by Gasteiger charge is 2.36. The van der Waals surface area contributed by atoms with Crippen LogP contribution in [0.2, 0.25) is 0 Å². The van der Waals surface area contributed by atoms with Crippen LogP contribution in [0.3, 0.4) is 0 Å². The maximum atomic E-state index is 5.80. The van der Waals surface area contributed by atoms with E-state index < -0.39 is 0 Å². The second-order valence-electron chi connectivity index (χ2n) is 3.23. The zero-order valence-electron chi connectivity index (χ0n) is 6.45. The van der Waals surface area contributed by atoms with E-state index in [0.29, 0.717) is 6.79 Å². The van der Waals surface area contributed by atoms with Crippen molar-refractivity contribution in [2.75, 3.05) is 6.79 Å². The Morgan fingerprint density at radius 3 is 2.91 bits per heavy atom. The van der Waals surface area contributed by atoms with Crippen LogP contribution in [0.4, 0.5) is 0 Å². The van der Waals surface area contributed by atoms with Gasteiger partial charge in [0.05, 0.1) is 12.2 Å². The minimum Gasteiger partial charge on any atom is -0.349 e. The van der Waals surface area contributed by atoms with E-state index in [9.17, 15) is 0 Å². The Balaban J connectivity index is 2.06. The monoisotopic (exact) mass is 155 g/mol. The van der Waals surface area contributed by atoms with Gasteiger partial charge in [-0.05, 0) is 12.8 Å². The lowest BCUT2D eigenvalue weighted by Crippen LogP contribution is -2.39. The van der Waals surface area contributed by atoms with Crippen LogP contribution < -0.4 is 5.73 Å². The zero-order chi connectivity index (χ0) is 7.84. The molecular weight excluding hydrogens is 142 g/mol. The van der Waals surface area contributed by atoms with Crippen molar-refractivity contribution in [3.63, 3.8) is 0 Å². The number of hydrogen-bond acceptors (Lipinski definition) is 3. The molecule has 3 unspecified atom stereocenters. The summed E-state index contributed by atoms with van der Waals surface area (Å²) in [7, 11) is 0. The van der Waals surface area contributed by atoms with E-state index >= 15 is 0 Å². The van der Waals surface area contributed by atoms with E-state index in [-0.39, 0.29) is 18.2 Å². The summed E-state index contributed by atoms with van der Waals surface area (Å²) < 4.78 is 10.7. The van der Waals surface area contributed by atoms with Crippen molar-refractivity contribution in [3.8, 4) is 0 Å². The van der Waals surface area contributed by atoms with Gasteiger partial charge in [0, 0.05) is 6.04 Å². The Labute approximate surface area is 66.2 Å². The maximum absolute atomic E-state index is 5.80. The highest BCUT2D eigenvalue weighted by atomic mass is 16.7. The van der Waals surface area contributed by atoms with Gasteiger partial charge in [0.15, 0.2) is 0 Å². The quantitative estimate of drug-likeness (QED) is 0.515. The number of hydrogen-bond donors (Lipinski definition) is 1. The summed E-state index contributed by atoms with van der Waals surface area (Å²) in [5, 5.41) is 0. The van der Waals surface area contributed by atoms with E-state index in [1.165, 1.54) is 0 Å². The molecule has 2 rings (SSSR count). The minimum absolute atomic E-state index is 0.109. The minimum atomic E-state index is 0.109. The van der Waals surface area contributed by atoms with E-state index in [4.69, 9.17) is 15.2 Å². The van der Waals surface area contributed by atoms with Crippen molar-refractivity contribution in [1.82, 2.24) is 0 Å². The van der Waals surface area contributed by atoms with Gasteiger partial charge in [0.2, 0.25) is 0 Å². The summed E-state index contributed by atoms with van der Waals surface area (Å²) in [5.41, 5.74) is 6.89. The van der Waals surface area contributed by atoms with Crippen LogP contribution in [0.1, 0.15) is 12.8 Å². The molecule has 0 aromatic heterocycles. The molecule has 2 aliphatic rings. The number of ether oxygens (including phenoxy) is 2. The second-order valence-corrected chi connectivity index (χ2v) is 3.23. The maximum Gasteiger partial charge on any atom is 0.147 e. The first kappa shape index (κ1) is 7.28. The standard InChI is InChI=1S/C8H13NO2/c1-5-2-7-8(3-6(5)9)11-4-10-7/h6-8H,1-4,9H2. The first-order chi connectivity index (χ1) is 5.27. The van der Waals surface area contributed by atoms with Crippen LogP contribution in [0.25, 0.3) is 0 Å². The van der Waals surface area contributed by atoms with Gasteiger partial charge in [-0.1, -0.05) is 12.2 Å². The molecule has 62 valence electrons. The molecule has 2 fully saturated rings. The summed E-state index contributed by atoms with van der Waals surface area (Å²) in [4.78, 5) is 0. The molecule has 0 aromatic carbocycles. The summed E-state index contributed by atoms with van der Waals surface area (Å²) in [6, 6.07) is 0.109. The number of rotatable bonds is 0. The smallest absolute Gasteiger partial charge is 0.147 e.